The monoisotopic (exact) mass is 388 g/mol. The van der Waals surface area contributed by atoms with Crippen molar-refractivity contribution in [2.45, 2.75) is 0 Å². The summed E-state index contributed by atoms with van der Waals surface area (Å²) < 4.78 is 0. The average Bonchev–Trinajstić information content (AvgIpc) is 2.63. The third-order valence-electron chi connectivity index (χ3n) is 4.02. The lowest BCUT2D eigenvalue weighted by Crippen LogP contribution is -2.25. The lowest BCUT2D eigenvalue weighted by molar-refractivity contribution is -0.390. The van der Waals surface area contributed by atoms with Crippen LogP contribution in [0, 0.1) is 40.5 Å². The molecular formula is C14H4N4O10. The van der Waals surface area contributed by atoms with Gasteiger partial charge in [-0.2, -0.15) is 0 Å². The molecular weight excluding hydrogens is 384 g/mol. The molecule has 1 aliphatic rings. The SMILES string of the molecule is O=C1c2c([N+](=O)[O-])ccc([N+](=O)[O-])c2C(=O)c2c([N+](=O)[O-])ccc([N+](=O)[O-])c21. The van der Waals surface area contributed by atoms with Crippen molar-refractivity contribution in [3.8, 4) is 0 Å². The lowest BCUT2D eigenvalue weighted by Gasteiger charge is -2.17. The summed E-state index contributed by atoms with van der Waals surface area (Å²) in [6, 6.07) is 2.43. The van der Waals surface area contributed by atoms with Gasteiger partial charge in [-0.25, -0.2) is 0 Å². The van der Waals surface area contributed by atoms with Gasteiger partial charge in [-0.15, -0.1) is 0 Å². The van der Waals surface area contributed by atoms with E-state index in [4.69, 9.17) is 0 Å². The highest BCUT2D eigenvalue weighted by atomic mass is 16.6. The van der Waals surface area contributed by atoms with Crippen LogP contribution in [0.4, 0.5) is 22.7 Å². The van der Waals surface area contributed by atoms with E-state index in [0.717, 1.165) is 0 Å². The number of carbonyl (C=O) groups excluding carboxylic acids is 2. The summed E-state index contributed by atoms with van der Waals surface area (Å²) in [5.74, 6) is -2.93. The van der Waals surface area contributed by atoms with E-state index >= 15 is 0 Å². The van der Waals surface area contributed by atoms with Gasteiger partial charge in [-0.1, -0.05) is 0 Å². The number of nitro groups is 4. The van der Waals surface area contributed by atoms with E-state index in [0.29, 0.717) is 24.3 Å². The van der Waals surface area contributed by atoms with E-state index in [9.17, 15) is 50.0 Å². The fourth-order valence-electron chi connectivity index (χ4n) is 2.94. The molecule has 1 aliphatic carbocycles. The van der Waals surface area contributed by atoms with Crippen molar-refractivity contribution in [3.63, 3.8) is 0 Å². The molecule has 14 nitrogen and oxygen atoms in total. The zero-order chi connectivity index (χ0) is 20.9. The fourth-order valence-corrected chi connectivity index (χ4v) is 2.94. The zero-order valence-corrected chi connectivity index (χ0v) is 13.2. The van der Waals surface area contributed by atoms with Gasteiger partial charge in [-0.3, -0.25) is 50.0 Å². The molecule has 0 radical (unpaired) electrons. The predicted octanol–water partition coefficient (Wildman–Crippen LogP) is 2.09. The molecule has 0 spiro atoms. The molecule has 0 saturated carbocycles. The Hall–Kier alpha value is -4.62. The minimum Gasteiger partial charge on any atom is -0.288 e. The van der Waals surface area contributed by atoms with Crippen LogP contribution >= 0.6 is 0 Å². The number of nitrogens with zero attached hydrogens (tertiary/aromatic N) is 4. The Morgan fingerprint density at radius 1 is 0.464 bits per heavy atom. The maximum atomic E-state index is 12.8. The van der Waals surface area contributed by atoms with Crippen LogP contribution in [0.25, 0.3) is 0 Å². The molecule has 0 amide bonds. The van der Waals surface area contributed by atoms with Gasteiger partial charge in [0.2, 0.25) is 11.6 Å². The van der Waals surface area contributed by atoms with Gasteiger partial charge in [0.1, 0.15) is 22.3 Å². The summed E-state index contributed by atoms with van der Waals surface area (Å²) in [7, 11) is 0. The second-order valence-electron chi connectivity index (χ2n) is 5.39. The number of carbonyl (C=O) groups is 2. The van der Waals surface area contributed by atoms with E-state index < -0.39 is 76.3 Å². The number of ketones is 2. The summed E-state index contributed by atoms with van der Waals surface area (Å²) in [5.41, 5.74) is -8.09. The molecule has 0 saturated heterocycles. The molecule has 0 bridgehead atoms. The maximum absolute atomic E-state index is 12.8. The second-order valence-corrected chi connectivity index (χ2v) is 5.39. The highest BCUT2D eigenvalue weighted by Gasteiger charge is 2.47. The largest absolute Gasteiger partial charge is 0.288 e. The number of rotatable bonds is 4. The van der Waals surface area contributed by atoms with Crippen molar-refractivity contribution in [1.29, 1.82) is 0 Å². The van der Waals surface area contributed by atoms with Crippen molar-refractivity contribution >= 4 is 34.3 Å². The fraction of sp³-hybridized carbons (Fsp3) is 0. The van der Waals surface area contributed by atoms with E-state index in [1.54, 1.807) is 0 Å². The van der Waals surface area contributed by atoms with Gasteiger partial charge in [0.25, 0.3) is 22.7 Å². The van der Waals surface area contributed by atoms with Crippen LogP contribution < -0.4 is 0 Å². The Morgan fingerprint density at radius 2 is 0.643 bits per heavy atom. The third-order valence-corrected chi connectivity index (χ3v) is 4.02. The minimum absolute atomic E-state index is 0.607. The number of nitro benzene ring substituents is 4. The van der Waals surface area contributed by atoms with Gasteiger partial charge in [-0.05, 0) is 0 Å². The van der Waals surface area contributed by atoms with Crippen molar-refractivity contribution in [1.82, 2.24) is 0 Å². The Morgan fingerprint density at radius 3 is 0.786 bits per heavy atom. The normalized spacial score (nSPS) is 12.1. The van der Waals surface area contributed by atoms with Crippen LogP contribution in [0.15, 0.2) is 24.3 Å². The molecule has 0 aliphatic heterocycles. The van der Waals surface area contributed by atoms with Crippen LogP contribution in [0.1, 0.15) is 31.8 Å². The molecule has 0 aromatic heterocycles. The van der Waals surface area contributed by atoms with Crippen molar-refractivity contribution in [3.05, 3.63) is 87.0 Å². The first kappa shape index (κ1) is 18.2. The van der Waals surface area contributed by atoms with Crippen molar-refractivity contribution in [2.75, 3.05) is 0 Å². The summed E-state index contributed by atoms with van der Waals surface area (Å²) in [5, 5.41) is 45.0. The smallest absolute Gasteiger partial charge is 0.281 e. The molecule has 0 atom stereocenters. The van der Waals surface area contributed by atoms with Crippen LogP contribution in [0.3, 0.4) is 0 Å². The molecule has 0 heterocycles. The van der Waals surface area contributed by atoms with Crippen molar-refractivity contribution < 1.29 is 29.3 Å². The molecule has 2 aromatic rings. The van der Waals surface area contributed by atoms with Crippen molar-refractivity contribution in [2.24, 2.45) is 0 Å². The van der Waals surface area contributed by atoms with Crippen LogP contribution in [-0.2, 0) is 0 Å². The minimum atomic E-state index is -1.46. The summed E-state index contributed by atoms with van der Waals surface area (Å²) >= 11 is 0. The number of hydrogen-bond donors (Lipinski definition) is 0. The highest BCUT2D eigenvalue weighted by molar-refractivity contribution is 6.33. The van der Waals surface area contributed by atoms with Gasteiger partial charge in [0, 0.05) is 24.3 Å². The predicted molar refractivity (Wildman–Crippen MR) is 86.4 cm³/mol. The Bertz CT molecular complexity index is 992. The first-order valence-corrected chi connectivity index (χ1v) is 7.08. The quantitative estimate of drug-likeness (QED) is 0.469. The molecule has 3 rings (SSSR count). The van der Waals surface area contributed by atoms with Crippen LogP contribution in [0.2, 0.25) is 0 Å². The van der Waals surface area contributed by atoms with Gasteiger partial charge >= 0.3 is 0 Å². The average molecular weight is 388 g/mol. The molecule has 0 N–H and O–H groups in total. The topological polar surface area (TPSA) is 207 Å². The van der Waals surface area contributed by atoms with Crippen LogP contribution in [0.5, 0.6) is 0 Å². The third kappa shape index (κ3) is 2.36. The summed E-state index contributed by atoms with van der Waals surface area (Å²) in [6.07, 6.45) is 0. The number of fused-ring (bicyclic) bond motifs is 2. The van der Waals surface area contributed by atoms with E-state index in [2.05, 4.69) is 0 Å². The molecule has 2 aromatic carbocycles. The van der Waals surface area contributed by atoms with Crippen LogP contribution in [-0.4, -0.2) is 31.3 Å². The maximum Gasteiger partial charge on any atom is 0.281 e. The van der Waals surface area contributed by atoms with Gasteiger partial charge in [0.05, 0.1) is 19.7 Å². The molecule has 14 heteroatoms. The molecule has 28 heavy (non-hydrogen) atoms. The second kappa shape index (κ2) is 5.97. The number of hydrogen-bond acceptors (Lipinski definition) is 10. The molecule has 0 unspecified atom stereocenters. The molecule has 0 fully saturated rings. The van der Waals surface area contributed by atoms with Gasteiger partial charge in [0.15, 0.2) is 0 Å². The first-order chi connectivity index (χ1) is 13.1. The van der Waals surface area contributed by atoms with E-state index in [-0.39, 0.29) is 0 Å². The molecule has 140 valence electrons. The Balaban J connectivity index is 2.55. The van der Waals surface area contributed by atoms with Gasteiger partial charge < -0.3 is 0 Å². The van der Waals surface area contributed by atoms with E-state index in [1.807, 2.05) is 0 Å². The lowest BCUT2D eigenvalue weighted by atomic mass is 9.80. The number of benzene rings is 2. The Kier molecular flexibility index (Phi) is 3.88. The van der Waals surface area contributed by atoms with E-state index in [1.165, 1.54) is 0 Å². The summed E-state index contributed by atoms with van der Waals surface area (Å²) in [4.78, 5) is 66.3. The zero-order valence-electron chi connectivity index (χ0n) is 13.2. The first-order valence-electron chi connectivity index (χ1n) is 7.08. The highest BCUT2D eigenvalue weighted by Crippen LogP contribution is 2.43. The Labute approximate surface area is 151 Å². The standard InChI is InChI=1S/C14H4N4O10/c19-13-9-5(15(21)22)1-2-6(16(23)24)10(9)14(20)12-8(18(27)28)4-3-7(11(12)13)17(25)26/h1-4H. The summed E-state index contributed by atoms with van der Waals surface area (Å²) in [6.45, 7) is 0.